The van der Waals surface area contributed by atoms with Crippen LogP contribution in [0.2, 0.25) is 5.02 Å². The highest BCUT2D eigenvalue weighted by molar-refractivity contribution is 7.89. The first-order valence-electron chi connectivity index (χ1n) is 6.85. The Labute approximate surface area is 143 Å². The second kappa shape index (κ2) is 7.71. The number of hydrogen-bond acceptors (Lipinski definition) is 4. The van der Waals surface area contributed by atoms with Gasteiger partial charge in [0.2, 0.25) is 10.0 Å². The zero-order valence-electron chi connectivity index (χ0n) is 13.1. The molecule has 0 aliphatic carbocycles. The lowest BCUT2D eigenvalue weighted by Gasteiger charge is -2.19. The Morgan fingerprint density at radius 1 is 1.33 bits per heavy atom. The molecule has 0 heterocycles. The molecule has 0 spiro atoms. The van der Waals surface area contributed by atoms with Crippen molar-refractivity contribution in [2.24, 2.45) is 5.92 Å². The second-order valence-corrected chi connectivity index (χ2v) is 7.59. The molecule has 0 radical (unpaired) electrons. The normalized spacial score (nSPS) is 13.8. The van der Waals surface area contributed by atoms with Crippen LogP contribution in [0.15, 0.2) is 23.1 Å². The van der Waals surface area contributed by atoms with Gasteiger partial charge in [0.25, 0.3) is 0 Å². The molecule has 1 aromatic carbocycles. The fraction of sp³-hybridized carbons (Fsp3) is 0.500. The standard InChI is InChI=1S/C14H17ClF3NO4S/c1-8(2)6-12(13(20)23-3)19-24(21,22)9-4-5-11(15)10(7-9)14(16,17)18/h4-5,7-8,12,19H,6H2,1-3H3/t12-/m1/s1. The third kappa shape index (κ3) is 5.35. The quantitative estimate of drug-likeness (QED) is 0.761. The number of hydrogen-bond donors (Lipinski definition) is 1. The molecule has 1 rings (SSSR count). The van der Waals surface area contributed by atoms with E-state index in [0.29, 0.717) is 6.07 Å². The van der Waals surface area contributed by atoms with Gasteiger partial charge in [-0.25, -0.2) is 8.42 Å². The van der Waals surface area contributed by atoms with Crippen LogP contribution in [-0.2, 0) is 25.7 Å². The maximum Gasteiger partial charge on any atom is 0.417 e. The molecule has 1 aromatic rings. The van der Waals surface area contributed by atoms with Gasteiger partial charge in [0.05, 0.1) is 22.6 Å². The lowest BCUT2D eigenvalue weighted by molar-refractivity contribution is -0.143. The van der Waals surface area contributed by atoms with Crippen LogP contribution < -0.4 is 4.72 Å². The topological polar surface area (TPSA) is 72.5 Å². The average molecular weight is 388 g/mol. The summed E-state index contributed by atoms with van der Waals surface area (Å²) < 4.78 is 69.8. The molecule has 0 saturated carbocycles. The maximum atomic E-state index is 12.9. The highest BCUT2D eigenvalue weighted by Gasteiger charge is 2.35. The van der Waals surface area contributed by atoms with Gasteiger partial charge in [-0.2, -0.15) is 17.9 Å². The summed E-state index contributed by atoms with van der Waals surface area (Å²) >= 11 is 5.47. The minimum absolute atomic E-state index is 0.0484. The Hall–Kier alpha value is -1.32. The van der Waals surface area contributed by atoms with Gasteiger partial charge in [0.1, 0.15) is 6.04 Å². The minimum atomic E-state index is -4.80. The highest BCUT2D eigenvalue weighted by atomic mass is 35.5. The first-order valence-corrected chi connectivity index (χ1v) is 8.71. The van der Waals surface area contributed by atoms with Gasteiger partial charge in [-0.05, 0) is 30.5 Å². The van der Waals surface area contributed by atoms with E-state index in [9.17, 15) is 26.4 Å². The first kappa shape index (κ1) is 20.7. The predicted octanol–water partition coefficient (Wildman–Crippen LogP) is 3.22. The van der Waals surface area contributed by atoms with Gasteiger partial charge in [-0.3, -0.25) is 4.79 Å². The maximum absolute atomic E-state index is 12.9. The van der Waals surface area contributed by atoms with E-state index in [0.717, 1.165) is 19.2 Å². The van der Waals surface area contributed by atoms with Crippen LogP contribution in [0.1, 0.15) is 25.8 Å². The Morgan fingerprint density at radius 3 is 2.38 bits per heavy atom. The molecule has 24 heavy (non-hydrogen) atoms. The van der Waals surface area contributed by atoms with Crippen LogP contribution in [0.3, 0.4) is 0 Å². The highest BCUT2D eigenvalue weighted by Crippen LogP contribution is 2.35. The smallest absolute Gasteiger partial charge is 0.417 e. The number of alkyl halides is 3. The molecule has 0 bridgehead atoms. The number of rotatable bonds is 6. The van der Waals surface area contributed by atoms with E-state index in [2.05, 4.69) is 9.46 Å². The van der Waals surface area contributed by atoms with Crippen LogP contribution in [-0.4, -0.2) is 27.5 Å². The summed E-state index contributed by atoms with van der Waals surface area (Å²) in [5.41, 5.74) is -1.27. The first-order chi connectivity index (χ1) is 10.9. The Bertz CT molecular complexity index is 704. The van der Waals surface area contributed by atoms with E-state index < -0.39 is 43.7 Å². The van der Waals surface area contributed by atoms with Crippen molar-refractivity contribution in [3.8, 4) is 0 Å². The molecule has 0 aromatic heterocycles. The number of benzene rings is 1. The molecule has 5 nitrogen and oxygen atoms in total. The van der Waals surface area contributed by atoms with Crippen molar-refractivity contribution in [1.29, 1.82) is 0 Å². The summed E-state index contributed by atoms with van der Waals surface area (Å²) in [5.74, 6) is -0.870. The molecule has 10 heteroatoms. The third-order valence-corrected chi connectivity index (χ3v) is 4.84. The van der Waals surface area contributed by atoms with Crippen molar-refractivity contribution in [2.45, 2.75) is 37.4 Å². The SMILES string of the molecule is COC(=O)[C@@H](CC(C)C)NS(=O)(=O)c1ccc(Cl)c(C(F)(F)F)c1. The Kier molecular flexibility index (Phi) is 6.66. The summed E-state index contributed by atoms with van der Waals surface area (Å²) in [5, 5.41) is -0.617. The van der Waals surface area contributed by atoms with Gasteiger partial charge in [0, 0.05) is 0 Å². The minimum Gasteiger partial charge on any atom is -0.468 e. The van der Waals surface area contributed by atoms with Crippen molar-refractivity contribution in [3.63, 3.8) is 0 Å². The van der Waals surface area contributed by atoms with E-state index in [1.165, 1.54) is 0 Å². The molecule has 1 N–H and O–H groups in total. The van der Waals surface area contributed by atoms with Crippen molar-refractivity contribution >= 4 is 27.6 Å². The van der Waals surface area contributed by atoms with E-state index in [4.69, 9.17) is 11.6 Å². The van der Waals surface area contributed by atoms with E-state index >= 15 is 0 Å². The number of ether oxygens (including phenoxy) is 1. The molecule has 136 valence electrons. The average Bonchev–Trinajstić information content (AvgIpc) is 2.43. The van der Waals surface area contributed by atoms with E-state index in [1.54, 1.807) is 13.8 Å². The van der Waals surface area contributed by atoms with Gasteiger partial charge in [-0.15, -0.1) is 0 Å². The van der Waals surface area contributed by atoms with Crippen molar-refractivity contribution in [3.05, 3.63) is 28.8 Å². The molecule has 0 aliphatic heterocycles. The van der Waals surface area contributed by atoms with Gasteiger partial charge >= 0.3 is 12.1 Å². The van der Waals surface area contributed by atoms with Gasteiger partial charge in [-0.1, -0.05) is 25.4 Å². The molecule has 0 aliphatic rings. The summed E-state index contributed by atoms with van der Waals surface area (Å²) in [6, 6.07) is 0.997. The Morgan fingerprint density at radius 2 is 1.92 bits per heavy atom. The number of halogens is 4. The van der Waals surface area contributed by atoms with E-state index in [-0.39, 0.29) is 12.3 Å². The monoisotopic (exact) mass is 387 g/mol. The number of methoxy groups -OCH3 is 1. The second-order valence-electron chi connectivity index (χ2n) is 5.47. The molecule has 1 atom stereocenters. The van der Waals surface area contributed by atoms with Crippen molar-refractivity contribution < 1.29 is 31.1 Å². The zero-order valence-corrected chi connectivity index (χ0v) is 14.7. The third-order valence-electron chi connectivity index (χ3n) is 3.04. The van der Waals surface area contributed by atoms with Crippen LogP contribution in [0.25, 0.3) is 0 Å². The fourth-order valence-corrected chi connectivity index (χ4v) is 3.40. The summed E-state index contributed by atoms with van der Waals surface area (Å²) in [6.45, 7) is 3.52. The van der Waals surface area contributed by atoms with Crippen LogP contribution in [0, 0.1) is 5.92 Å². The molecule has 0 amide bonds. The zero-order chi connectivity index (χ0) is 18.7. The number of sulfonamides is 1. The molecule has 0 unspecified atom stereocenters. The fourth-order valence-electron chi connectivity index (χ4n) is 1.95. The molecular weight excluding hydrogens is 371 g/mol. The molecule has 0 saturated heterocycles. The Balaban J connectivity index is 3.22. The van der Waals surface area contributed by atoms with Crippen LogP contribution in [0.4, 0.5) is 13.2 Å². The number of nitrogens with one attached hydrogen (secondary N) is 1. The molecule has 0 fully saturated rings. The van der Waals surface area contributed by atoms with Gasteiger partial charge < -0.3 is 4.74 Å². The molecular formula is C14H17ClF3NO4S. The number of carbonyl (C=O) groups excluding carboxylic acids is 1. The lowest BCUT2D eigenvalue weighted by Crippen LogP contribution is -2.42. The number of carbonyl (C=O) groups is 1. The summed E-state index contributed by atoms with van der Waals surface area (Å²) in [4.78, 5) is 11.0. The predicted molar refractivity (Wildman–Crippen MR) is 82.0 cm³/mol. The lowest BCUT2D eigenvalue weighted by atomic mass is 10.1. The summed E-state index contributed by atoms with van der Waals surface area (Å²) in [7, 11) is -3.28. The van der Waals surface area contributed by atoms with E-state index in [1.807, 2.05) is 0 Å². The van der Waals surface area contributed by atoms with Gasteiger partial charge in [0.15, 0.2) is 0 Å². The van der Waals surface area contributed by atoms with Crippen molar-refractivity contribution in [2.75, 3.05) is 7.11 Å². The number of esters is 1. The summed E-state index contributed by atoms with van der Waals surface area (Å²) in [6.07, 6.45) is -4.67. The van der Waals surface area contributed by atoms with Crippen LogP contribution in [0.5, 0.6) is 0 Å². The largest absolute Gasteiger partial charge is 0.468 e. The van der Waals surface area contributed by atoms with Crippen molar-refractivity contribution in [1.82, 2.24) is 4.72 Å². The van der Waals surface area contributed by atoms with Crippen LogP contribution >= 0.6 is 11.6 Å².